The van der Waals surface area contributed by atoms with Crippen LogP contribution in [0.4, 0.5) is 8.78 Å². The second-order valence-electron chi connectivity index (χ2n) is 12.0. The van der Waals surface area contributed by atoms with Gasteiger partial charge >= 0.3 is 0 Å². The Labute approximate surface area is 233 Å². The van der Waals surface area contributed by atoms with Crippen molar-refractivity contribution >= 4 is 11.8 Å². The Hall–Kier alpha value is -3.96. The molecule has 4 aliphatic rings. The molecule has 0 bridgehead atoms. The molecule has 1 saturated heterocycles. The molecule has 2 aromatic rings. The van der Waals surface area contributed by atoms with Crippen LogP contribution < -0.4 is 10.6 Å². The van der Waals surface area contributed by atoms with Crippen molar-refractivity contribution in [2.75, 3.05) is 26.7 Å². The maximum Gasteiger partial charge on any atom is 0.244 e. The van der Waals surface area contributed by atoms with Gasteiger partial charge in [0.05, 0.1) is 23.0 Å². The van der Waals surface area contributed by atoms with E-state index in [0.29, 0.717) is 31.5 Å². The van der Waals surface area contributed by atoms with Crippen molar-refractivity contribution in [2.24, 2.45) is 5.41 Å². The Bertz CT molecular complexity index is 1560. The summed E-state index contributed by atoms with van der Waals surface area (Å²) in [6.07, 6.45) is 5.32. The predicted octanol–water partition coefficient (Wildman–Crippen LogP) is 3.37. The van der Waals surface area contributed by atoms with Crippen LogP contribution in [0.2, 0.25) is 0 Å². The molecule has 8 heteroatoms. The molecule has 0 aromatic heterocycles. The van der Waals surface area contributed by atoms with E-state index >= 15 is 0 Å². The van der Waals surface area contributed by atoms with Crippen LogP contribution in [0, 0.1) is 28.9 Å². The van der Waals surface area contributed by atoms with E-state index in [1.54, 1.807) is 4.90 Å². The quantitative estimate of drug-likeness (QED) is 0.572. The third-order valence-electron chi connectivity index (χ3n) is 9.15. The first-order chi connectivity index (χ1) is 18.9. The lowest BCUT2D eigenvalue weighted by Gasteiger charge is -2.54. The average molecular weight is 543 g/mol. The Morgan fingerprint density at radius 1 is 1.00 bits per heavy atom. The number of hydrogen-bond donors (Lipinski definition) is 2. The Morgan fingerprint density at radius 2 is 1.73 bits per heavy atom. The van der Waals surface area contributed by atoms with Crippen molar-refractivity contribution in [1.29, 1.82) is 0 Å². The van der Waals surface area contributed by atoms with Gasteiger partial charge in [0.25, 0.3) is 0 Å². The van der Waals surface area contributed by atoms with Gasteiger partial charge in [-0.2, -0.15) is 0 Å². The number of carbonyl (C=O) groups excluding carboxylic acids is 2. The van der Waals surface area contributed by atoms with E-state index in [-0.39, 0.29) is 18.4 Å². The number of fused-ring (bicyclic) bond motifs is 2. The molecule has 206 valence electrons. The number of nitrogens with one attached hydrogen (secondary N) is 2. The van der Waals surface area contributed by atoms with Crippen LogP contribution in [0.15, 0.2) is 59.9 Å². The van der Waals surface area contributed by atoms with Gasteiger partial charge in [-0.3, -0.25) is 14.5 Å². The molecule has 2 amide bonds. The highest BCUT2D eigenvalue weighted by Gasteiger charge is 2.52. The molecule has 0 saturated carbocycles. The summed E-state index contributed by atoms with van der Waals surface area (Å²) in [5.41, 5.74) is 2.03. The van der Waals surface area contributed by atoms with E-state index in [0.717, 1.165) is 34.2 Å². The largest absolute Gasteiger partial charge is 0.368 e. The van der Waals surface area contributed by atoms with Crippen LogP contribution in [-0.2, 0) is 28.0 Å². The van der Waals surface area contributed by atoms with Crippen LogP contribution in [0.3, 0.4) is 0 Å². The number of piperazine rings is 1. The first kappa shape index (κ1) is 26.3. The van der Waals surface area contributed by atoms with Crippen LogP contribution in [0.1, 0.15) is 43.0 Å². The minimum atomic E-state index is -0.980. The lowest BCUT2D eigenvalue weighted by Crippen LogP contribution is -2.69. The molecule has 1 fully saturated rings. The number of halogens is 2. The van der Waals surface area contributed by atoms with Gasteiger partial charge in [-0.05, 0) is 81.6 Å². The summed E-state index contributed by atoms with van der Waals surface area (Å²) in [5.74, 6) is 5.64. The van der Waals surface area contributed by atoms with Gasteiger partial charge < -0.3 is 15.5 Å². The summed E-state index contributed by atoms with van der Waals surface area (Å²) in [6, 6.07) is 9.41. The normalized spacial score (nSPS) is 26.8. The monoisotopic (exact) mass is 542 g/mol. The molecule has 3 heterocycles. The summed E-state index contributed by atoms with van der Waals surface area (Å²) in [5, 5.41) is 6.27. The van der Waals surface area contributed by atoms with E-state index in [1.807, 2.05) is 63.1 Å². The van der Waals surface area contributed by atoms with E-state index < -0.39 is 28.1 Å². The van der Waals surface area contributed by atoms with Crippen molar-refractivity contribution in [1.82, 2.24) is 20.4 Å². The summed E-state index contributed by atoms with van der Waals surface area (Å²) in [7, 11) is 1.84. The average Bonchev–Trinajstić information content (AvgIpc) is 3.41. The molecule has 40 heavy (non-hydrogen) atoms. The number of likely N-dealkylation sites (N-methyl/N-ethyl adjacent to an activating group) is 1. The van der Waals surface area contributed by atoms with Gasteiger partial charge in [-0.15, -0.1) is 0 Å². The zero-order valence-electron chi connectivity index (χ0n) is 23.1. The highest BCUT2D eigenvalue weighted by atomic mass is 19.1. The number of hydrogen-bond acceptors (Lipinski definition) is 4. The Balaban J connectivity index is 1.28. The summed E-state index contributed by atoms with van der Waals surface area (Å²) < 4.78 is 28.4. The second kappa shape index (κ2) is 9.03. The SMILES string of the molecule is CN1C[C@@](C)(c2cc(F)cc(F)c2)N(CC#Cc2ccc3c(c2)C[C@@]2(C3)C(=O)NC3=C2C=CCN3)C(=O)C1(C)C. The molecular formula is C32H32F2N4O2. The molecule has 1 spiro atoms. The maximum absolute atomic E-state index is 14.2. The maximum atomic E-state index is 14.2. The molecule has 2 atom stereocenters. The second-order valence-corrected chi connectivity index (χ2v) is 12.0. The minimum absolute atomic E-state index is 0.0182. The van der Waals surface area contributed by atoms with E-state index in [1.165, 1.54) is 12.1 Å². The fraction of sp³-hybridized carbons (Fsp3) is 0.375. The number of dihydropyridines is 1. The molecule has 0 unspecified atom stereocenters. The lowest BCUT2D eigenvalue weighted by molar-refractivity contribution is -0.159. The van der Waals surface area contributed by atoms with Crippen LogP contribution in [0.5, 0.6) is 0 Å². The topological polar surface area (TPSA) is 64.7 Å². The van der Waals surface area contributed by atoms with Crippen molar-refractivity contribution in [3.05, 3.63) is 93.8 Å². The molecule has 6 nitrogen and oxygen atoms in total. The predicted molar refractivity (Wildman–Crippen MR) is 148 cm³/mol. The third kappa shape index (κ3) is 3.95. The van der Waals surface area contributed by atoms with Gasteiger partial charge in [0, 0.05) is 30.3 Å². The number of amides is 2. The van der Waals surface area contributed by atoms with Crippen molar-refractivity contribution in [3.8, 4) is 11.8 Å². The summed E-state index contributed by atoms with van der Waals surface area (Å²) in [4.78, 5) is 30.3. The zero-order valence-corrected chi connectivity index (χ0v) is 23.1. The highest BCUT2D eigenvalue weighted by Crippen LogP contribution is 2.47. The number of nitrogens with zero attached hydrogens (tertiary/aromatic N) is 2. The molecule has 0 radical (unpaired) electrons. The van der Waals surface area contributed by atoms with Crippen molar-refractivity contribution < 1.29 is 18.4 Å². The number of benzene rings is 2. The molecule has 6 rings (SSSR count). The van der Waals surface area contributed by atoms with Gasteiger partial charge in [-0.1, -0.05) is 30.1 Å². The smallest absolute Gasteiger partial charge is 0.244 e. The Morgan fingerprint density at radius 3 is 2.48 bits per heavy atom. The molecule has 3 aliphatic heterocycles. The molecular weight excluding hydrogens is 510 g/mol. The minimum Gasteiger partial charge on any atom is -0.368 e. The zero-order chi connectivity index (χ0) is 28.4. The fourth-order valence-corrected chi connectivity index (χ4v) is 6.53. The van der Waals surface area contributed by atoms with Gasteiger partial charge in [0.15, 0.2) is 0 Å². The van der Waals surface area contributed by atoms with E-state index in [2.05, 4.69) is 22.5 Å². The van der Waals surface area contributed by atoms with Crippen LogP contribution in [-0.4, -0.2) is 53.8 Å². The van der Waals surface area contributed by atoms with Crippen molar-refractivity contribution in [3.63, 3.8) is 0 Å². The standard InChI is InChI=1S/C32H32F2N4O2/c1-30(2)29(40)38(31(3,19-37(30)4)23-14-24(33)16-25(34)15-23)12-6-7-20-9-10-21-17-32(18-22(21)13-20)26-8-5-11-35-27(26)36-28(32)39/h5,8-10,13-16,35H,11-12,17-19H2,1-4H3,(H,36,39)/t31-,32+/m0/s1. The van der Waals surface area contributed by atoms with Gasteiger partial charge in [-0.25, -0.2) is 8.78 Å². The fourth-order valence-electron chi connectivity index (χ4n) is 6.53. The van der Waals surface area contributed by atoms with Crippen LogP contribution in [0.25, 0.3) is 0 Å². The highest BCUT2D eigenvalue weighted by molar-refractivity contribution is 5.93. The van der Waals surface area contributed by atoms with E-state index in [9.17, 15) is 18.4 Å². The third-order valence-corrected chi connectivity index (χ3v) is 9.15. The number of allylic oxidation sites excluding steroid dienone is 1. The van der Waals surface area contributed by atoms with E-state index in [4.69, 9.17) is 0 Å². The first-order valence-electron chi connectivity index (χ1n) is 13.5. The van der Waals surface area contributed by atoms with Gasteiger partial charge in [0.1, 0.15) is 17.5 Å². The molecule has 2 N–H and O–H groups in total. The number of rotatable bonds is 2. The summed E-state index contributed by atoms with van der Waals surface area (Å²) >= 11 is 0. The Kier molecular flexibility index (Phi) is 5.93. The van der Waals surface area contributed by atoms with Gasteiger partial charge in [0.2, 0.25) is 11.8 Å². The lowest BCUT2D eigenvalue weighted by atomic mass is 9.78. The summed E-state index contributed by atoms with van der Waals surface area (Å²) in [6.45, 7) is 6.69. The molecule has 1 aliphatic carbocycles. The first-order valence-corrected chi connectivity index (χ1v) is 13.5. The van der Waals surface area contributed by atoms with Crippen LogP contribution >= 0.6 is 0 Å². The molecule has 2 aromatic carbocycles. The van der Waals surface area contributed by atoms with Crippen molar-refractivity contribution in [2.45, 2.75) is 44.7 Å². The number of carbonyl (C=O) groups is 2.